The molecule has 0 radical (unpaired) electrons. The second kappa shape index (κ2) is 11.8. The van der Waals surface area contributed by atoms with Gasteiger partial charge in [-0.25, -0.2) is 0 Å². The average Bonchev–Trinajstić information content (AvgIpc) is 2.60. The van der Waals surface area contributed by atoms with Gasteiger partial charge in [0, 0.05) is 10.9 Å². The van der Waals surface area contributed by atoms with E-state index in [9.17, 15) is 14.7 Å². The lowest BCUT2D eigenvalue weighted by atomic mass is 9.99. The van der Waals surface area contributed by atoms with Crippen LogP contribution in [0.2, 0.25) is 5.02 Å². The van der Waals surface area contributed by atoms with Crippen molar-refractivity contribution in [2.75, 3.05) is 19.0 Å². The first-order valence-electron chi connectivity index (χ1n) is 9.08. The van der Waals surface area contributed by atoms with Crippen molar-refractivity contribution in [2.45, 2.75) is 52.0 Å². The highest BCUT2D eigenvalue weighted by Crippen LogP contribution is 2.27. The number of anilines is 1. The fourth-order valence-corrected chi connectivity index (χ4v) is 2.95. The van der Waals surface area contributed by atoms with Gasteiger partial charge in [0.2, 0.25) is 5.91 Å². The number of ether oxygens (including phenoxy) is 1. The van der Waals surface area contributed by atoms with Crippen LogP contribution in [0.3, 0.4) is 0 Å². The lowest BCUT2D eigenvalue weighted by Crippen LogP contribution is -2.94. The molecule has 1 aromatic rings. The third-order valence-electron chi connectivity index (χ3n) is 4.44. The van der Waals surface area contributed by atoms with Crippen LogP contribution in [0.15, 0.2) is 18.2 Å². The number of amides is 1. The van der Waals surface area contributed by atoms with Crippen LogP contribution in [0.5, 0.6) is 5.75 Å². The number of methoxy groups -OCH3 is 1. The Morgan fingerprint density at radius 3 is 2.65 bits per heavy atom. The van der Waals surface area contributed by atoms with Crippen molar-refractivity contribution in [1.29, 1.82) is 0 Å². The van der Waals surface area contributed by atoms with Crippen molar-refractivity contribution in [3.63, 3.8) is 0 Å². The number of rotatable bonds is 12. The number of benzene rings is 1. The topological polar surface area (TPSA) is 95.1 Å². The third-order valence-corrected chi connectivity index (χ3v) is 4.68. The van der Waals surface area contributed by atoms with Crippen molar-refractivity contribution in [1.82, 2.24) is 0 Å². The van der Waals surface area contributed by atoms with E-state index in [0.717, 1.165) is 25.7 Å². The normalized spacial score (nSPS) is 13.1. The summed E-state index contributed by atoms with van der Waals surface area (Å²) in [5.41, 5.74) is 0.413. The number of aliphatic carboxylic acids is 1. The zero-order valence-corrected chi connectivity index (χ0v) is 16.5. The third kappa shape index (κ3) is 7.62. The molecule has 2 atom stereocenters. The van der Waals surface area contributed by atoms with Crippen molar-refractivity contribution in [3.05, 3.63) is 23.2 Å². The van der Waals surface area contributed by atoms with Gasteiger partial charge < -0.3 is 25.3 Å². The molecular weight excluding hydrogens is 356 g/mol. The molecule has 0 aliphatic rings. The van der Waals surface area contributed by atoms with E-state index in [4.69, 9.17) is 16.3 Å². The van der Waals surface area contributed by atoms with E-state index in [1.807, 2.05) is 0 Å². The second-order valence-electron chi connectivity index (χ2n) is 6.41. The Kier molecular flexibility index (Phi) is 10.1. The molecule has 0 aliphatic carbocycles. The van der Waals surface area contributed by atoms with Crippen LogP contribution >= 0.6 is 11.6 Å². The maximum absolute atomic E-state index is 12.3. The minimum absolute atomic E-state index is 0.178. The summed E-state index contributed by atoms with van der Waals surface area (Å²) in [7, 11) is 1.48. The van der Waals surface area contributed by atoms with Gasteiger partial charge in [-0.1, -0.05) is 38.3 Å². The van der Waals surface area contributed by atoms with Gasteiger partial charge in [-0.05, 0) is 31.0 Å². The quantitative estimate of drug-likeness (QED) is 0.572. The number of nitrogens with one attached hydrogen (secondary N) is 1. The average molecular weight is 385 g/mol. The standard InChI is InChI=1S/C19H29ClN2O4/c1-4-6-7-13(5-2)12-21-16(19(24)25)11-18(23)22-15-10-14(20)8-9-17(15)26-3/h8-10,13,16,21H,4-7,11-12H2,1-3H3,(H,22,23)(H,24,25)/t13-,16-/m1/s1. The predicted molar refractivity (Wildman–Crippen MR) is 100 cm³/mol. The molecule has 0 unspecified atom stereocenters. The molecule has 0 saturated carbocycles. The first-order chi connectivity index (χ1) is 12.4. The Labute approximate surface area is 160 Å². The largest absolute Gasteiger partial charge is 0.544 e. The van der Waals surface area contributed by atoms with Crippen LogP contribution in [-0.4, -0.2) is 31.6 Å². The van der Waals surface area contributed by atoms with Gasteiger partial charge in [0.1, 0.15) is 11.8 Å². The number of carbonyl (C=O) groups excluding carboxylic acids is 2. The van der Waals surface area contributed by atoms with Gasteiger partial charge >= 0.3 is 0 Å². The van der Waals surface area contributed by atoms with Crippen LogP contribution in [0.1, 0.15) is 46.0 Å². The molecule has 1 rings (SSSR count). The minimum atomic E-state index is -1.23. The number of quaternary nitrogens is 1. The molecular formula is C19H29ClN2O4. The van der Waals surface area contributed by atoms with Crippen molar-refractivity contribution >= 4 is 29.2 Å². The lowest BCUT2D eigenvalue weighted by molar-refractivity contribution is -0.687. The van der Waals surface area contributed by atoms with Crippen LogP contribution < -0.4 is 20.5 Å². The van der Waals surface area contributed by atoms with Crippen molar-refractivity contribution in [3.8, 4) is 5.75 Å². The number of hydrogen-bond acceptors (Lipinski definition) is 4. The van der Waals surface area contributed by atoms with E-state index in [-0.39, 0.29) is 6.42 Å². The zero-order valence-electron chi connectivity index (χ0n) is 15.7. The molecule has 7 heteroatoms. The summed E-state index contributed by atoms with van der Waals surface area (Å²) in [5, 5.41) is 16.2. The second-order valence-corrected chi connectivity index (χ2v) is 6.85. The van der Waals surface area contributed by atoms with Crippen molar-refractivity contribution in [2.24, 2.45) is 5.92 Å². The summed E-state index contributed by atoms with van der Waals surface area (Å²) in [4.78, 5) is 23.7. The van der Waals surface area contributed by atoms with E-state index in [1.54, 1.807) is 23.5 Å². The van der Waals surface area contributed by atoms with E-state index in [0.29, 0.717) is 28.9 Å². The monoisotopic (exact) mass is 384 g/mol. The zero-order chi connectivity index (χ0) is 19.5. The van der Waals surface area contributed by atoms with Crippen LogP contribution in [-0.2, 0) is 9.59 Å². The van der Waals surface area contributed by atoms with Gasteiger partial charge in [0.25, 0.3) is 0 Å². The number of carboxylic acids is 1. The number of halogens is 1. The Balaban J connectivity index is 2.65. The highest BCUT2D eigenvalue weighted by molar-refractivity contribution is 6.31. The number of carbonyl (C=O) groups is 2. The Morgan fingerprint density at radius 2 is 2.08 bits per heavy atom. The summed E-state index contributed by atoms with van der Waals surface area (Å²) >= 11 is 5.94. The molecule has 3 N–H and O–H groups in total. The minimum Gasteiger partial charge on any atom is -0.544 e. The summed E-state index contributed by atoms with van der Waals surface area (Å²) in [6.45, 7) is 4.90. The fourth-order valence-electron chi connectivity index (χ4n) is 2.78. The molecule has 26 heavy (non-hydrogen) atoms. The van der Waals surface area contributed by atoms with Crippen LogP contribution in [0.4, 0.5) is 5.69 Å². The van der Waals surface area contributed by atoms with Gasteiger partial charge in [-0.3, -0.25) is 4.79 Å². The molecule has 0 heterocycles. The molecule has 1 aromatic carbocycles. The summed E-state index contributed by atoms with van der Waals surface area (Å²) in [6.07, 6.45) is 4.11. The summed E-state index contributed by atoms with van der Waals surface area (Å²) in [5.74, 6) is -0.753. The van der Waals surface area contributed by atoms with Gasteiger partial charge in [-0.2, -0.15) is 0 Å². The first-order valence-corrected chi connectivity index (χ1v) is 9.46. The molecule has 146 valence electrons. The van der Waals surface area contributed by atoms with Gasteiger partial charge in [-0.15, -0.1) is 0 Å². The number of nitrogens with two attached hydrogens (primary N) is 1. The van der Waals surface area contributed by atoms with E-state index in [1.165, 1.54) is 7.11 Å². The molecule has 0 aromatic heterocycles. The highest BCUT2D eigenvalue weighted by atomic mass is 35.5. The SMILES string of the molecule is CCCC[C@@H](CC)C[NH2+][C@H](CC(=O)Nc1cc(Cl)ccc1OC)C(=O)[O-]. The lowest BCUT2D eigenvalue weighted by Gasteiger charge is -2.20. The van der Waals surface area contributed by atoms with E-state index < -0.39 is 17.9 Å². The van der Waals surface area contributed by atoms with Crippen LogP contribution in [0.25, 0.3) is 0 Å². The fraction of sp³-hybridized carbons (Fsp3) is 0.579. The molecule has 6 nitrogen and oxygen atoms in total. The maximum atomic E-state index is 12.3. The van der Waals surface area contributed by atoms with Crippen LogP contribution in [0, 0.1) is 5.92 Å². The van der Waals surface area contributed by atoms with Gasteiger partial charge in [0.05, 0.1) is 31.7 Å². The maximum Gasteiger partial charge on any atom is 0.230 e. The van der Waals surface area contributed by atoms with Crippen molar-refractivity contribution < 1.29 is 24.7 Å². The molecule has 1 amide bonds. The Morgan fingerprint density at radius 1 is 1.35 bits per heavy atom. The molecule has 0 saturated heterocycles. The Bertz CT molecular complexity index is 595. The van der Waals surface area contributed by atoms with Gasteiger partial charge in [0.15, 0.2) is 0 Å². The first kappa shape index (κ1) is 22.3. The number of unbranched alkanes of at least 4 members (excludes halogenated alkanes) is 1. The Hall–Kier alpha value is -1.79. The predicted octanol–water partition coefficient (Wildman–Crippen LogP) is 1.58. The molecule has 0 bridgehead atoms. The molecule has 0 aliphatic heterocycles. The highest BCUT2D eigenvalue weighted by Gasteiger charge is 2.21. The smallest absolute Gasteiger partial charge is 0.230 e. The summed E-state index contributed by atoms with van der Waals surface area (Å²) in [6, 6.07) is 3.93. The number of carboxylic acid groups (broad SMARTS) is 1. The molecule has 0 fully saturated rings. The molecule has 0 spiro atoms. The van der Waals surface area contributed by atoms with E-state index in [2.05, 4.69) is 19.2 Å². The van der Waals surface area contributed by atoms with E-state index >= 15 is 0 Å². The summed E-state index contributed by atoms with van der Waals surface area (Å²) < 4.78 is 5.17. The number of hydrogen-bond donors (Lipinski definition) is 2.